The predicted molar refractivity (Wildman–Crippen MR) is 74.5 cm³/mol. The molecule has 0 aliphatic rings. The average molecular weight is 280 g/mol. The summed E-state index contributed by atoms with van der Waals surface area (Å²) in [6.07, 6.45) is 1.56. The third kappa shape index (κ3) is 3.93. The molecule has 2 rings (SSSR count). The molecule has 0 aliphatic carbocycles. The number of anilines is 1. The molecule has 0 fully saturated rings. The van der Waals surface area contributed by atoms with Crippen LogP contribution in [0.2, 0.25) is 5.02 Å². The number of hydrogen-bond donors (Lipinski definition) is 3. The summed E-state index contributed by atoms with van der Waals surface area (Å²) in [5, 5.41) is 3.22. The molecule has 5 nitrogen and oxygen atoms in total. The van der Waals surface area contributed by atoms with Crippen molar-refractivity contribution in [2.24, 2.45) is 0 Å². The molecule has 0 unspecified atom stereocenters. The first kappa shape index (κ1) is 13.3. The van der Waals surface area contributed by atoms with Crippen LogP contribution in [0.4, 0.5) is 5.69 Å². The molecule has 1 aromatic heterocycles. The number of nitrogen functional groups attached to an aromatic ring is 1. The molecule has 0 bridgehead atoms. The van der Waals surface area contributed by atoms with Crippen molar-refractivity contribution in [2.45, 2.75) is 0 Å². The Labute approximate surface area is 115 Å². The molecular formula is C13H14ClN3O2. The maximum atomic E-state index is 11.6. The predicted octanol–water partition coefficient (Wildman–Crippen LogP) is 2.06. The number of carbonyl (C=O) groups excluding carboxylic acids is 1. The van der Waals surface area contributed by atoms with Crippen LogP contribution in [-0.2, 0) is 0 Å². The fourth-order valence-corrected chi connectivity index (χ4v) is 1.66. The van der Waals surface area contributed by atoms with Crippen molar-refractivity contribution >= 4 is 23.2 Å². The number of amides is 1. The van der Waals surface area contributed by atoms with Crippen LogP contribution in [0.15, 0.2) is 36.5 Å². The highest BCUT2D eigenvalue weighted by atomic mass is 35.5. The van der Waals surface area contributed by atoms with E-state index in [0.29, 0.717) is 35.3 Å². The molecule has 1 heterocycles. The summed E-state index contributed by atoms with van der Waals surface area (Å²) in [5.41, 5.74) is 6.67. The second kappa shape index (κ2) is 6.15. The van der Waals surface area contributed by atoms with E-state index in [-0.39, 0.29) is 5.91 Å². The molecule has 0 atom stereocenters. The second-order valence-corrected chi connectivity index (χ2v) is 4.34. The molecular weight excluding hydrogens is 266 g/mol. The van der Waals surface area contributed by atoms with E-state index in [9.17, 15) is 4.79 Å². The lowest BCUT2D eigenvalue weighted by Crippen LogP contribution is -2.28. The molecule has 0 saturated carbocycles. The van der Waals surface area contributed by atoms with Gasteiger partial charge in [-0.15, -0.1) is 0 Å². The zero-order chi connectivity index (χ0) is 13.7. The first-order valence-electron chi connectivity index (χ1n) is 5.75. The number of aromatic amines is 1. The van der Waals surface area contributed by atoms with Gasteiger partial charge in [0.05, 0.1) is 11.6 Å². The summed E-state index contributed by atoms with van der Waals surface area (Å²) in [6.45, 7) is 0.782. The number of H-pyrrole nitrogens is 1. The molecule has 0 aliphatic heterocycles. The average Bonchev–Trinajstić information content (AvgIpc) is 2.83. The Bertz CT molecular complexity index is 551. The molecule has 2 aromatic rings. The van der Waals surface area contributed by atoms with Gasteiger partial charge in [-0.1, -0.05) is 11.6 Å². The number of ether oxygens (including phenoxy) is 1. The summed E-state index contributed by atoms with van der Waals surface area (Å²) in [7, 11) is 0. The number of rotatable bonds is 5. The van der Waals surface area contributed by atoms with E-state index in [1.54, 1.807) is 36.5 Å². The number of aromatic nitrogens is 1. The van der Waals surface area contributed by atoms with Gasteiger partial charge in [-0.25, -0.2) is 0 Å². The van der Waals surface area contributed by atoms with E-state index in [4.69, 9.17) is 22.1 Å². The van der Waals surface area contributed by atoms with Gasteiger partial charge in [-0.2, -0.15) is 0 Å². The third-order valence-corrected chi connectivity index (χ3v) is 2.65. The molecule has 19 heavy (non-hydrogen) atoms. The fraction of sp³-hybridized carbons (Fsp3) is 0.154. The zero-order valence-electron chi connectivity index (χ0n) is 10.2. The van der Waals surface area contributed by atoms with Crippen LogP contribution < -0.4 is 15.8 Å². The van der Waals surface area contributed by atoms with E-state index in [2.05, 4.69) is 10.3 Å². The quantitative estimate of drug-likeness (QED) is 0.579. The Morgan fingerprint density at radius 2 is 2.11 bits per heavy atom. The van der Waals surface area contributed by atoms with Gasteiger partial charge in [-0.3, -0.25) is 4.79 Å². The molecule has 6 heteroatoms. The lowest BCUT2D eigenvalue weighted by Gasteiger charge is -2.07. The van der Waals surface area contributed by atoms with Gasteiger partial charge >= 0.3 is 0 Å². The normalized spacial score (nSPS) is 10.2. The van der Waals surface area contributed by atoms with Crippen molar-refractivity contribution in [3.8, 4) is 5.75 Å². The molecule has 100 valence electrons. The van der Waals surface area contributed by atoms with Gasteiger partial charge in [0.1, 0.15) is 18.1 Å². The highest BCUT2D eigenvalue weighted by molar-refractivity contribution is 6.30. The highest BCUT2D eigenvalue weighted by Crippen LogP contribution is 2.12. The smallest absolute Gasteiger partial charge is 0.267 e. The minimum atomic E-state index is -0.215. The molecule has 4 N–H and O–H groups in total. The highest BCUT2D eigenvalue weighted by Gasteiger charge is 2.06. The van der Waals surface area contributed by atoms with Gasteiger partial charge in [0.15, 0.2) is 0 Å². The van der Waals surface area contributed by atoms with E-state index in [1.807, 2.05) is 0 Å². The van der Waals surface area contributed by atoms with Gasteiger partial charge in [0.25, 0.3) is 5.91 Å². The number of carbonyl (C=O) groups is 1. The van der Waals surface area contributed by atoms with E-state index in [0.717, 1.165) is 0 Å². The fourth-order valence-electron chi connectivity index (χ4n) is 1.49. The Hall–Kier alpha value is -2.14. The standard InChI is InChI=1S/C13H14ClN3O2/c14-9-7-12(17-8-9)13(18)16-5-6-19-11-3-1-10(15)2-4-11/h1-4,7-8,17H,5-6,15H2,(H,16,18). The van der Waals surface area contributed by atoms with Crippen LogP contribution in [0, 0.1) is 0 Å². The van der Waals surface area contributed by atoms with Gasteiger partial charge < -0.3 is 20.8 Å². The van der Waals surface area contributed by atoms with Gasteiger partial charge in [-0.05, 0) is 30.3 Å². The van der Waals surface area contributed by atoms with Crippen molar-refractivity contribution in [2.75, 3.05) is 18.9 Å². The largest absolute Gasteiger partial charge is 0.492 e. The molecule has 0 saturated heterocycles. The van der Waals surface area contributed by atoms with Gasteiger partial charge in [0.2, 0.25) is 0 Å². The maximum Gasteiger partial charge on any atom is 0.267 e. The monoisotopic (exact) mass is 279 g/mol. The molecule has 0 spiro atoms. The molecule has 1 aromatic carbocycles. The van der Waals surface area contributed by atoms with Crippen LogP contribution in [0.1, 0.15) is 10.5 Å². The lowest BCUT2D eigenvalue weighted by molar-refractivity contribution is 0.0942. The second-order valence-electron chi connectivity index (χ2n) is 3.90. The summed E-state index contributed by atoms with van der Waals surface area (Å²) in [6, 6.07) is 8.64. The van der Waals surface area contributed by atoms with Crippen LogP contribution >= 0.6 is 11.6 Å². The topological polar surface area (TPSA) is 80.1 Å². The lowest BCUT2D eigenvalue weighted by atomic mass is 10.3. The summed E-state index contributed by atoms with van der Waals surface area (Å²) in [4.78, 5) is 14.4. The first-order valence-corrected chi connectivity index (χ1v) is 6.13. The van der Waals surface area contributed by atoms with Crippen LogP contribution in [0.3, 0.4) is 0 Å². The van der Waals surface area contributed by atoms with Crippen molar-refractivity contribution in [1.82, 2.24) is 10.3 Å². The van der Waals surface area contributed by atoms with E-state index < -0.39 is 0 Å². The minimum absolute atomic E-state index is 0.215. The van der Waals surface area contributed by atoms with Crippen LogP contribution in [0.5, 0.6) is 5.75 Å². The van der Waals surface area contributed by atoms with Crippen LogP contribution in [0.25, 0.3) is 0 Å². The Morgan fingerprint density at radius 3 is 2.74 bits per heavy atom. The Morgan fingerprint density at radius 1 is 1.37 bits per heavy atom. The van der Waals surface area contributed by atoms with Crippen molar-refractivity contribution < 1.29 is 9.53 Å². The van der Waals surface area contributed by atoms with E-state index in [1.165, 1.54) is 0 Å². The number of nitrogens with two attached hydrogens (primary N) is 1. The van der Waals surface area contributed by atoms with Crippen LogP contribution in [-0.4, -0.2) is 24.0 Å². The van der Waals surface area contributed by atoms with Crippen molar-refractivity contribution in [3.63, 3.8) is 0 Å². The number of hydrogen-bond acceptors (Lipinski definition) is 3. The number of benzene rings is 1. The van der Waals surface area contributed by atoms with Crippen molar-refractivity contribution in [1.29, 1.82) is 0 Å². The maximum absolute atomic E-state index is 11.6. The summed E-state index contributed by atoms with van der Waals surface area (Å²) >= 11 is 5.71. The van der Waals surface area contributed by atoms with Gasteiger partial charge in [0, 0.05) is 11.9 Å². The Kier molecular flexibility index (Phi) is 4.30. The number of halogens is 1. The SMILES string of the molecule is Nc1ccc(OCCNC(=O)c2cc(Cl)c[nH]2)cc1. The Balaban J connectivity index is 1.72. The summed E-state index contributed by atoms with van der Waals surface area (Å²) in [5.74, 6) is 0.499. The number of nitrogens with one attached hydrogen (secondary N) is 2. The first-order chi connectivity index (χ1) is 9.15. The van der Waals surface area contributed by atoms with E-state index >= 15 is 0 Å². The molecule has 1 amide bonds. The minimum Gasteiger partial charge on any atom is -0.492 e. The molecule has 0 radical (unpaired) electrons. The summed E-state index contributed by atoms with van der Waals surface area (Å²) < 4.78 is 5.45. The van der Waals surface area contributed by atoms with Crippen molar-refractivity contribution in [3.05, 3.63) is 47.2 Å². The third-order valence-electron chi connectivity index (χ3n) is 2.43. The zero-order valence-corrected chi connectivity index (χ0v) is 10.9.